The molecule has 1 amide bonds. The topological polar surface area (TPSA) is 111 Å². The van der Waals surface area contributed by atoms with E-state index >= 15 is 0 Å². The van der Waals surface area contributed by atoms with Crippen LogP contribution in [0.15, 0.2) is 121 Å². The van der Waals surface area contributed by atoms with E-state index in [2.05, 4.69) is 11.8 Å². The molecule has 0 aliphatic carbocycles. The minimum absolute atomic E-state index is 0.0131. The van der Waals surface area contributed by atoms with Crippen LogP contribution in [0.3, 0.4) is 0 Å². The highest BCUT2D eigenvalue weighted by atomic mass is 16.8. The Bertz CT molecular complexity index is 1990. The number of ether oxygens (including phenoxy) is 8. The highest BCUT2D eigenvalue weighted by Gasteiger charge is 2.59. The number of hydrogen-bond acceptors (Lipinski definition) is 10. The third-order valence-electron chi connectivity index (χ3n) is 9.71. The Kier molecular flexibility index (Phi) is 14.6. The van der Waals surface area contributed by atoms with Crippen LogP contribution >= 0.6 is 0 Å². The van der Waals surface area contributed by atoms with Crippen LogP contribution in [0.2, 0.25) is 0 Å². The van der Waals surface area contributed by atoms with Gasteiger partial charge in [0.2, 0.25) is 0 Å². The second-order valence-corrected chi connectivity index (χ2v) is 16.1. The molecule has 4 aromatic rings. The van der Waals surface area contributed by atoms with Crippen LogP contribution in [0.5, 0.6) is 0 Å². The monoisotopic (exact) mass is 805 g/mol. The molecule has 2 aliphatic rings. The Hall–Kier alpha value is -5.06. The van der Waals surface area contributed by atoms with E-state index in [1.165, 1.54) is 11.8 Å². The smallest absolute Gasteiger partial charge is 0.413 e. The fraction of sp³-hybridized carbons (Fsp3) is 0.417. The van der Waals surface area contributed by atoms with Gasteiger partial charge in [0.05, 0.1) is 39.6 Å². The molecular formula is C48H55NO10. The summed E-state index contributed by atoms with van der Waals surface area (Å²) in [6.07, 6.45) is -4.43. The van der Waals surface area contributed by atoms with Gasteiger partial charge in [-0.1, -0.05) is 127 Å². The zero-order chi connectivity index (χ0) is 41.9. The third-order valence-corrected chi connectivity index (χ3v) is 9.71. The predicted octanol–water partition coefficient (Wildman–Crippen LogP) is 7.99. The van der Waals surface area contributed by atoms with Crippen molar-refractivity contribution < 1.29 is 47.5 Å². The second kappa shape index (κ2) is 19.8. The van der Waals surface area contributed by atoms with Gasteiger partial charge in [0.25, 0.3) is 0 Å². The molecule has 0 N–H and O–H groups in total. The van der Waals surface area contributed by atoms with E-state index in [4.69, 9.17) is 37.9 Å². The number of hydrogen-bond donors (Lipinski definition) is 0. The van der Waals surface area contributed by atoms with E-state index in [1.807, 2.05) is 121 Å². The lowest BCUT2D eigenvalue weighted by Crippen LogP contribution is -2.68. The number of carbonyl (C=O) groups excluding carboxylic acids is 2. The lowest BCUT2D eigenvalue weighted by molar-refractivity contribution is -0.349. The average molecular weight is 806 g/mol. The number of nitrogens with zero attached hydrogens (tertiary/aromatic N) is 1. The Balaban J connectivity index is 1.46. The minimum atomic E-state index is -2.08. The van der Waals surface area contributed by atoms with E-state index < -0.39 is 59.6 Å². The lowest BCUT2D eigenvalue weighted by atomic mass is 9.91. The molecule has 0 radical (unpaired) electrons. The van der Waals surface area contributed by atoms with Crippen molar-refractivity contribution in [2.24, 2.45) is 0 Å². The fourth-order valence-electron chi connectivity index (χ4n) is 7.01. The summed E-state index contributed by atoms with van der Waals surface area (Å²) in [5.74, 6) is 3.62. The molecule has 59 heavy (non-hydrogen) atoms. The molecule has 0 spiro atoms. The van der Waals surface area contributed by atoms with Gasteiger partial charge in [0.15, 0.2) is 6.10 Å². The zero-order valence-corrected chi connectivity index (χ0v) is 34.7. The molecule has 11 heteroatoms. The molecule has 0 unspecified atom stereocenters. The average Bonchev–Trinajstić information content (AvgIpc) is 3.52. The minimum Gasteiger partial charge on any atom is -0.444 e. The summed E-state index contributed by atoms with van der Waals surface area (Å²) in [5.41, 5.74) is 1.82. The zero-order valence-electron chi connectivity index (χ0n) is 34.7. The van der Waals surface area contributed by atoms with Crippen molar-refractivity contribution in [2.45, 2.75) is 116 Å². The first-order chi connectivity index (χ1) is 28.3. The summed E-state index contributed by atoms with van der Waals surface area (Å²) in [7, 11) is 0. The Morgan fingerprint density at radius 1 is 0.712 bits per heavy atom. The molecule has 6 atom stereocenters. The number of esters is 1. The quantitative estimate of drug-likeness (QED) is 0.0919. The first-order valence-electron chi connectivity index (χ1n) is 20.0. The normalized spacial score (nSPS) is 23.8. The Labute approximate surface area is 347 Å². The lowest BCUT2D eigenvalue weighted by Gasteiger charge is -2.49. The molecule has 0 aromatic heterocycles. The van der Waals surface area contributed by atoms with Crippen LogP contribution < -0.4 is 0 Å². The van der Waals surface area contributed by atoms with E-state index in [9.17, 15) is 9.59 Å². The Morgan fingerprint density at radius 3 is 1.68 bits per heavy atom. The highest BCUT2D eigenvalue weighted by molar-refractivity contribution is 5.70. The molecule has 312 valence electrons. The Morgan fingerprint density at radius 2 is 1.19 bits per heavy atom. The maximum atomic E-state index is 13.7. The summed E-state index contributed by atoms with van der Waals surface area (Å²) >= 11 is 0. The number of carbonyl (C=O) groups is 2. The van der Waals surface area contributed by atoms with Gasteiger partial charge in [0.1, 0.15) is 35.7 Å². The van der Waals surface area contributed by atoms with Crippen LogP contribution in [0.25, 0.3) is 0 Å². The van der Waals surface area contributed by atoms with Crippen LogP contribution in [0, 0.1) is 11.8 Å². The predicted molar refractivity (Wildman–Crippen MR) is 220 cm³/mol. The molecule has 2 aliphatic heterocycles. The van der Waals surface area contributed by atoms with Gasteiger partial charge in [-0.2, -0.15) is 0 Å². The van der Waals surface area contributed by atoms with Crippen LogP contribution in [-0.4, -0.2) is 77.7 Å². The second-order valence-electron chi connectivity index (χ2n) is 16.1. The molecular weight excluding hydrogens is 751 g/mol. The molecule has 0 saturated carbocycles. The molecule has 2 fully saturated rings. The van der Waals surface area contributed by atoms with Gasteiger partial charge in [-0.3, -0.25) is 9.69 Å². The maximum absolute atomic E-state index is 13.7. The van der Waals surface area contributed by atoms with Crippen LogP contribution in [0.4, 0.5) is 4.79 Å². The molecule has 2 heterocycles. The van der Waals surface area contributed by atoms with Crippen LogP contribution in [-0.2, 0) is 69.1 Å². The van der Waals surface area contributed by atoms with Gasteiger partial charge in [-0.25, -0.2) is 4.79 Å². The molecule has 11 nitrogen and oxygen atoms in total. The van der Waals surface area contributed by atoms with Gasteiger partial charge >= 0.3 is 17.8 Å². The maximum Gasteiger partial charge on any atom is 0.413 e. The van der Waals surface area contributed by atoms with Gasteiger partial charge in [-0.05, 0) is 62.8 Å². The SMILES string of the molecule is CC(=O)O[C@@]1(C#C[C@H]2COC(C)(C)N2C(=O)OC(C)(C)C)O[C@H](COCc2ccccc2)[C@@H](OCc2ccccc2)[C@H](OCc2ccccc2)[C@H]1OCc1ccccc1. The molecule has 0 bridgehead atoms. The standard InChI is InChI=1S/C48H55NO10/c1-35(50)57-48(28-27-40-33-56-47(5,6)49(40)45(51)59-46(2,3)4)44(55-32-39-25-17-10-18-26-39)43(54-31-38-23-15-9-16-24-38)42(53-30-37-21-13-8-14-22-37)41(58-48)34-52-29-36-19-11-7-12-20-36/h7-26,40-44H,29-34H2,1-6H3/t40-,41+,42+,43-,44+,48-/m0/s1. The number of rotatable bonds is 14. The van der Waals surface area contributed by atoms with Crippen molar-refractivity contribution >= 4 is 12.1 Å². The summed E-state index contributed by atoms with van der Waals surface area (Å²) in [6.45, 7) is 11.0. The fourth-order valence-corrected chi connectivity index (χ4v) is 7.01. The number of amides is 1. The number of benzene rings is 4. The first kappa shape index (κ1) is 43.5. The largest absolute Gasteiger partial charge is 0.444 e. The highest BCUT2D eigenvalue weighted by Crippen LogP contribution is 2.39. The summed E-state index contributed by atoms with van der Waals surface area (Å²) in [6, 6.07) is 38.1. The van der Waals surface area contributed by atoms with Gasteiger partial charge in [-0.15, -0.1) is 0 Å². The molecule has 4 aromatic carbocycles. The van der Waals surface area contributed by atoms with Crippen molar-refractivity contribution in [1.29, 1.82) is 0 Å². The summed E-state index contributed by atoms with van der Waals surface area (Å²) in [5, 5.41) is 0. The van der Waals surface area contributed by atoms with Gasteiger partial charge in [0, 0.05) is 6.92 Å². The third kappa shape index (κ3) is 12.0. The summed E-state index contributed by atoms with van der Waals surface area (Å²) < 4.78 is 51.8. The van der Waals surface area contributed by atoms with E-state index in [1.54, 1.807) is 34.6 Å². The van der Waals surface area contributed by atoms with Crippen molar-refractivity contribution in [3.05, 3.63) is 144 Å². The van der Waals surface area contributed by atoms with E-state index in [0.29, 0.717) is 0 Å². The van der Waals surface area contributed by atoms with E-state index in [-0.39, 0.29) is 39.6 Å². The van der Waals surface area contributed by atoms with Crippen molar-refractivity contribution in [3.63, 3.8) is 0 Å². The first-order valence-corrected chi connectivity index (χ1v) is 20.0. The van der Waals surface area contributed by atoms with Gasteiger partial charge < -0.3 is 37.9 Å². The van der Waals surface area contributed by atoms with Crippen LogP contribution in [0.1, 0.15) is 63.8 Å². The van der Waals surface area contributed by atoms with E-state index in [0.717, 1.165) is 22.3 Å². The molecule has 2 saturated heterocycles. The molecule has 6 rings (SSSR count). The van der Waals surface area contributed by atoms with Crippen molar-refractivity contribution in [1.82, 2.24) is 4.90 Å². The summed E-state index contributed by atoms with van der Waals surface area (Å²) in [4.78, 5) is 28.4. The van der Waals surface area contributed by atoms with Crippen molar-refractivity contribution in [3.8, 4) is 11.8 Å². The van der Waals surface area contributed by atoms with Crippen molar-refractivity contribution in [2.75, 3.05) is 13.2 Å².